The largest absolute Gasteiger partial charge is 0.319 e. The van der Waals surface area contributed by atoms with Gasteiger partial charge in [0.25, 0.3) is 0 Å². The summed E-state index contributed by atoms with van der Waals surface area (Å²) >= 11 is 0. The normalized spacial score (nSPS) is 19.1. The van der Waals surface area contributed by atoms with E-state index in [0.29, 0.717) is 5.41 Å². The van der Waals surface area contributed by atoms with E-state index >= 15 is 0 Å². The molecule has 2 heteroatoms. The number of hydrogen-bond acceptors (Lipinski definition) is 2. The molecule has 0 atom stereocenters. The molecule has 1 aromatic rings. The summed E-state index contributed by atoms with van der Waals surface area (Å²) in [5.41, 5.74) is 3.48. The van der Waals surface area contributed by atoms with Crippen LogP contribution in [0.2, 0.25) is 0 Å². The zero-order chi connectivity index (χ0) is 14.4. The van der Waals surface area contributed by atoms with Gasteiger partial charge in [-0.15, -0.1) is 0 Å². The van der Waals surface area contributed by atoms with Gasteiger partial charge in [-0.1, -0.05) is 44.5 Å². The maximum atomic E-state index is 3.20. The molecule has 0 spiro atoms. The van der Waals surface area contributed by atoms with Crippen molar-refractivity contribution >= 4 is 0 Å². The predicted molar refractivity (Wildman–Crippen MR) is 87.0 cm³/mol. The molecular formula is C18H30N2. The fourth-order valence-corrected chi connectivity index (χ4v) is 2.94. The molecule has 2 rings (SSSR count). The molecular weight excluding hydrogens is 244 g/mol. The van der Waals surface area contributed by atoms with Crippen LogP contribution < -0.4 is 5.32 Å². The van der Waals surface area contributed by atoms with Crippen LogP contribution in [-0.2, 0) is 13.0 Å². The van der Waals surface area contributed by atoms with Gasteiger partial charge in [0.2, 0.25) is 0 Å². The molecule has 1 fully saturated rings. The van der Waals surface area contributed by atoms with Crippen LogP contribution >= 0.6 is 0 Å². The minimum absolute atomic E-state index is 0.591. The Labute approximate surface area is 124 Å². The summed E-state index contributed by atoms with van der Waals surface area (Å²) in [7, 11) is 2.01. The Morgan fingerprint density at radius 1 is 1.10 bits per heavy atom. The zero-order valence-electron chi connectivity index (χ0n) is 13.4. The van der Waals surface area contributed by atoms with Crippen molar-refractivity contribution in [3.05, 3.63) is 35.4 Å². The predicted octanol–water partition coefficient (Wildman–Crippen LogP) is 3.46. The highest BCUT2D eigenvalue weighted by Crippen LogP contribution is 2.34. The van der Waals surface area contributed by atoms with Gasteiger partial charge in [0.1, 0.15) is 0 Å². The second kappa shape index (κ2) is 7.24. The number of nitrogens with zero attached hydrogens (tertiary/aromatic N) is 1. The summed E-state index contributed by atoms with van der Waals surface area (Å²) in [5.74, 6) is 0. The first-order valence-electron chi connectivity index (χ1n) is 8.10. The van der Waals surface area contributed by atoms with Crippen molar-refractivity contribution in [2.75, 3.05) is 26.7 Å². The van der Waals surface area contributed by atoms with Gasteiger partial charge in [-0.25, -0.2) is 0 Å². The average Bonchev–Trinajstić information content (AvgIpc) is 2.49. The Morgan fingerprint density at radius 3 is 2.25 bits per heavy atom. The summed E-state index contributed by atoms with van der Waals surface area (Å²) in [6, 6.07) is 9.18. The van der Waals surface area contributed by atoms with Crippen LogP contribution in [0.1, 0.15) is 44.2 Å². The van der Waals surface area contributed by atoms with Crippen LogP contribution in [0.4, 0.5) is 0 Å². The molecule has 2 nitrogen and oxygen atoms in total. The highest BCUT2D eigenvalue weighted by molar-refractivity contribution is 5.22. The summed E-state index contributed by atoms with van der Waals surface area (Å²) in [6.07, 6.45) is 5.14. The SMILES string of the molecule is CCC1(C)CCN(Cc2ccc(CCNC)cc2)CC1. The number of benzene rings is 1. The molecule has 0 saturated carbocycles. The quantitative estimate of drug-likeness (QED) is 0.854. The van der Waals surface area contributed by atoms with Gasteiger partial charge in [0.05, 0.1) is 0 Å². The van der Waals surface area contributed by atoms with Crippen LogP contribution in [0.15, 0.2) is 24.3 Å². The maximum Gasteiger partial charge on any atom is 0.0233 e. The third kappa shape index (κ3) is 4.32. The highest BCUT2D eigenvalue weighted by atomic mass is 15.1. The van der Waals surface area contributed by atoms with E-state index in [1.807, 2.05) is 7.05 Å². The van der Waals surface area contributed by atoms with Gasteiger partial charge in [-0.05, 0) is 62.5 Å². The molecule has 1 aliphatic heterocycles. The van der Waals surface area contributed by atoms with E-state index < -0.39 is 0 Å². The smallest absolute Gasteiger partial charge is 0.0233 e. The van der Waals surface area contributed by atoms with Crippen molar-refractivity contribution in [1.29, 1.82) is 0 Å². The Bertz CT molecular complexity index is 388. The first kappa shape index (κ1) is 15.5. The Morgan fingerprint density at radius 2 is 1.70 bits per heavy atom. The summed E-state index contributed by atoms with van der Waals surface area (Å²) < 4.78 is 0. The lowest BCUT2D eigenvalue weighted by Gasteiger charge is -2.39. The van der Waals surface area contributed by atoms with Gasteiger partial charge in [-0.3, -0.25) is 4.90 Å². The summed E-state index contributed by atoms with van der Waals surface area (Å²) in [5, 5.41) is 3.20. The number of nitrogens with one attached hydrogen (secondary N) is 1. The minimum Gasteiger partial charge on any atom is -0.319 e. The molecule has 1 heterocycles. The molecule has 0 amide bonds. The first-order valence-corrected chi connectivity index (χ1v) is 8.10. The van der Waals surface area contributed by atoms with Gasteiger partial charge in [0, 0.05) is 6.54 Å². The van der Waals surface area contributed by atoms with Crippen LogP contribution in [-0.4, -0.2) is 31.6 Å². The topological polar surface area (TPSA) is 15.3 Å². The first-order chi connectivity index (χ1) is 9.65. The maximum absolute atomic E-state index is 3.20. The fourth-order valence-electron chi connectivity index (χ4n) is 2.94. The van der Waals surface area contributed by atoms with Crippen LogP contribution in [0, 0.1) is 5.41 Å². The van der Waals surface area contributed by atoms with Crippen LogP contribution in [0.3, 0.4) is 0 Å². The molecule has 0 radical (unpaired) electrons. The van der Waals surface area contributed by atoms with Gasteiger partial charge >= 0.3 is 0 Å². The second-order valence-electron chi connectivity index (χ2n) is 6.61. The van der Waals surface area contributed by atoms with Crippen molar-refractivity contribution in [3.8, 4) is 0 Å². The van der Waals surface area contributed by atoms with Crippen molar-refractivity contribution in [2.45, 2.75) is 46.1 Å². The Balaban J connectivity index is 1.82. The van der Waals surface area contributed by atoms with Crippen molar-refractivity contribution in [2.24, 2.45) is 5.41 Å². The number of likely N-dealkylation sites (tertiary alicyclic amines) is 1. The molecule has 0 unspecified atom stereocenters. The molecule has 1 N–H and O–H groups in total. The van der Waals surface area contributed by atoms with E-state index in [4.69, 9.17) is 0 Å². The lowest BCUT2D eigenvalue weighted by atomic mass is 9.78. The molecule has 1 aromatic carbocycles. The van der Waals surface area contributed by atoms with Crippen molar-refractivity contribution < 1.29 is 0 Å². The summed E-state index contributed by atoms with van der Waals surface area (Å²) in [6.45, 7) is 9.46. The second-order valence-corrected chi connectivity index (χ2v) is 6.61. The van der Waals surface area contributed by atoms with Crippen LogP contribution in [0.5, 0.6) is 0 Å². The van der Waals surface area contributed by atoms with Gasteiger partial charge in [0.15, 0.2) is 0 Å². The Hall–Kier alpha value is -0.860. The van der Waals surface area contributed by atoms with Gasteiger partial charge < -0.3 is 5.32 Å². The number of hydrogen-bond donors (Lipinski definition) is 1. The monoisotopic (exact) mass is 274 g/mol. The lowest BCUT2D eigenvalue weighted by molar-refractivity contribution is 0.109. The molecule has 20 heavy (non-hydrogen) atoms. The van der Waals surface area contributed by atoms with Crippen molar-refractivity contribution in [3.63, 3.8) is 0 Å². The molecule has 1 aliphatic rings. The van der Waals surface area contributed by atoms with E-state index in [0.717, 1.165) is 19.5 Å². The highest BCUT2D eigenvalue weighted by Gasteiger charge is 2.27. The molecule has 0 bridgehead atoms. The van der Waals surface area contributed by atoms with E-state index in [1.54, 1.807) is 0 Å². The third-order valence-electron chi connectivity index (χ3n) is 5.01. The number of rotatable bonds is 6. The fraction of sp³-hybridized carbons (Fsp3) is 0.667. The van der Waals surface area contributed by atoms with E-state index in [9.17, 15) is 0 Å². The minimum atomic E-state index is 0.591. The number of likely N-dealkylation sites (N-methyl/N-ethyl adjacent to an activating group) is 1. The number of piperidine rings is 1. The Kier molecular flexibility index (Phi) is 5.62. The summed E-state index contributed by atoms with van der Waals surface area (Å²) in [4.78, 5) is 2.61. The van der Waals surface area contributed by atoms with Crippen molar-refractivity contribution in [1.82, 2.24) is 10.2 Å². The molecule has 0 aromatic heterocycles. The zero-order valence-corrected chi connectivity index (χ0v) is 13.4. The van der Waals surface area contributed by atoms with Crippen LogP contribution in [0.25, 0.3) is 0 Å². The molecule has 1 saturated heterocycles. The van der Waals surface area contributed by atoms with E-state index in [2.05, 4.69) is 48.3 Å². The standard InChI is InChI=1S/C18H30N2/c1-4-18(2)10-13-20(14-11-18)15-17-7-5-16(6-8-17)9-12-19-3/h5-8,19H,4,9-15H2,1-3H3. The van der Waals surface area contributed by atoms with Gasteiger partial charge in [-0.2, -0.15) is 0 Å². The van der Waals surface area contributed by atoms with E-state index in [-0.39, 0.29) is 0 Å². The third-order valence-corrected chi connectivity index (χ3v) is 5.01. The lowest BCUT2D eigenvalue weighted by Crippen LogP contribution is -2.37. The average molecular weight is 274 g/mol. The molecule has 0 aliphatic carbocycles. The molecule has 112 valence electrons. The van der Waals surface area contributed by atoms with E-state index in [1.165, 1.54) is 43.5 Å².